The molecule has 5 nitrogen and oxygen atoms in total. The maximum atomic E-state index is 12.5. The van der Waals surface area contributed by atoms with Crippen molar-refractivity contribution in [2.24, 2.45) is 0 Å². The minimum atomic E-state index is -3.38. The molecule has 1 heterocycles. The minimum Gasteiger partial charge on any atom is -0.332 e. The van der Waals surface area contributed by atoms with Crippen LogP contribution in [0.1, 0.15) is 18.4 Å². The van der Waals surface area contributed by atoms with Crippen molar-refractivity contribution in [2.75, 3.05) is 23.7 Å². The fourth-order valence-electron chi connectivity index (χ4n) is 2.80. The molecular weight excluding hydrogens is 354 g/mol. The van der Waals surface area contributed by atoms with E-state index >= 15 is 0 Å². The monoisotopic (exact) mass is 375 g/mol. The molecule has 0 aromatic heterocycles. The fraction of sp³-hybridized carbons (Fsp3) is 0.278. The average Bonchev–Trinajstić information content (AvgIpc) is 3.10. The summed E-state index contributed by atoms with van der Waals surface area (Å²) in [6.45, 7) is 3.22. The molecular formula is C18H21N3O2S2. The van der Waals surface area contributed by atoms with Crippen LogP contribution in [0.2, 0.25) is 0 Å². The lowest BCUT2D eigenvalue weighted by Gasteiger charge is -2.16. The molecule has 7 heteroatoms. The smallest absolute Gasteiger partial charge is 0.243 e. The van der Waals surface area contributed by atoms with Gasteiger partial charge in [-0.15, -0.1) is 0 Å². The van der Waals surface area contributed by atoms with Crippen LogP contribution >= 0.6 is 12.2 Å². The molecule has 2 N–H and O–H groups in total. The highest BCUT2D eigenvalue weighted by molar-refractivity contribution is 7.89. The van der Waals surface area contributed by atoms with Crippen molar-refractivity contribution in [3.8, 4) is 0 Å². The summed E-state index contributed by atoms with van der Waals surface area (Å²) >= 11 is 5.31. The third-order valence-electron chi connectivity index (χ3n) is 4.09. The van der Waals surface area contributed by atoms with E-state index in [-0.39, 0.29) is 0 Å². The summed E-state index contributed by atoms with van der Waals surface area (Å²) in [4.78, 5) is 0.317. The topological polar surface area (TPSA) is 61.4 Å². The van der Waals surface area contributed by atoms with E-state index in [1.54, 1.807) is 28.6 Å². The van der Waals surface area contributed by atoms with Crippen molar-refractivity contribution in [1.82, 2.24) is 4.31 Å². The lowest BCUT2D eigenvalue weighted by molar-refractivity contribution is 0.477. The lowest BCUT2D eigenvalue weighted by Crippen LogP contribution is -2.27. The summed E-state index contributed by atoms with van der Waals surface area (Å²) in [5, 5.41) is 6.64. The lowest BCUT2D eigenvalue weighted by atomic mass is 10.2. The van der Waals surface area contributed by atoms with Crippen molar-refractivity contribution in [2.45, 2.75) is 24.7 Å². The summed E-state index contributed by atoms with van der Waals surface area (Å²) in [5.74, 6) is 0. The second-order valence-electron chi connectivity index (χ2n) is 6.08. The first kappa shape index (κ1) is 17.8. The van der Waals surface area contributed by atoms with Crippen LogP contribution < -0.4 is 10.6 Å². The maximum Gasteiger partial charge on any atom is 0.243 e. The van der Waals surface area contributed by atoms with E-state index in [0.717, 1.165) is 29.8 Å². The van der Waals surface area contributed by atoms with Gasteiger partial charge in [-0.05, 0) is 73.9 Å². The molecule has 25 heavy (non-hydrogen) atoms. The molecule has 0 radical (unpaired) electrons. The molecule has 0 bridgehead atoms. The Bertz CT molecular complexity index is 858. The van der Waals surface area contributed by atoms with E-state index in [1.807, 2.05) is 31.2 Å². The Morgan fingerprint density at radius 1 is 1.00 bits per heavy atom. The summed E-state index contributed by atoms with van der Waals surface area (Å²) < 4.78 is 26.6. The molecule has 0 saturated carbocycles. The molecule has 0 aliphatic carbocycles. The highest BCUT2D eigenvalue weighted by Gasteiger charge is 2.26. The number of nitrogens with one attached hydrogen (secondary N) is 2. The van der Waals surface area contributed by atoms with Crippen LogP contribution in [0, 0.1) is 6.92 Å². The first-order chi connectivity index (χ1) is 11.9. The highest BCUT2D eigenvalue weighted by Crippen LogP contribution is 2.22. The number of aryl methyl sites for hydroxylation is 1. The van der Waals surface area contributed by atoms with Gasteiger partial charge in [-0.3, -0.25) is 0 Å². The molecule has 1 fully saturated rings. The average molecular weight is 376 g/mol. The third-order valence-corrected chi connectivity index (χ3v) is 6.21. The van der Waals surface area contributed by atoms with Gasteiger partial charge in [-0.1, -0.05) is 12.1 Å². The number of hydrogen-bond acceptors (Lipinski definition) is 3. The van der Waals surface area contributed by atoms with Gasteiger partial charge in [-0.25, -0.2) is 8.42 Å². The quantitative estimate of drug-likeness (QED) is 0.800. The first-order valence-electron chi connectivity index (χ1n) is 8.20. The second-order valence-corrected chi connectivity index (χ2v) is 8.43. The van der Waals surface area contributed by atoms with Gasteiger partial charge < -0.3 is 10.6 Å². The van der Waals surface area contributed by atoms with Crippen molar-refractivity contribution in [3.63, 3.8) is 0 Å². The second kappa shape index (κ2) is 7.51. The van der Waals surface area contributed by atoms with E-state index in [4.69, 9.17) is 12.2 Å². The Morgan fingerprint density at radius 2 is 1.64 bits per heavy atom. The van der Waals surface area contributed by atoms with E-state index in [1.165, 1.54) is 0 Å². The van der Waals surface area contributed by atoms with Crippen LogP contribution in [-0.2, 0) is 10.0 Å². The number of nitrogens with zero attached hydrogens (tertiary/aromatic N) is 1. The van der Waals surface area contributed by atoms with E-state index in [0.29, 0.717) is 23.1 Å². The van der Waals surface area contributed by atoms with E-state index < -0.39 is 10.0 Å². The first-order valence-corrected chi connectivity index (χ1v) is 10.0. The van der Waals surface area contributed by atoms with Crippen LogP contribution in [0.25, 0.3) is 0 Å². The predicted octanol–water partition coefficient (Wildman–Crippen LogP) is 3.59. The summed E-state index contributed by atoms with van der Waals surface area (Å²) in [6.07, 6.45) is 1.86. The Kier molecular flexibility index (Phi) is 5.36. The van der Waals surface area contributed by atoms with Gasteiger partial charge in [0.1, 0.15) is 0 Å². The maximum absolute atomic E-state index is 12.5. The number of benzene rings is 2. The van der Waals surface area contributed by atoms with Crippen LogP contribution in [-0.4, -0.2) is 30.9 Å². The van der Waals surface area contributed by atoms with Crippen molar-refractivity contribution in [3.05, 3.63) is 54.1 Å². The number of rotatable bonds is 4. The zero-order valence-electron chi connectivity index (χ0n) is 14.0. The van der Waals surface area contributed by atoms with Gasteiger partial charge in [0.15, 0.2) is 5.11 Å². The highest BCUT2D eigenvalue weighted by atomic mass is 32.2. The van der Waals surface area contributed by atoms with Crippen molar-refractivity contribution < 1.29 is 8.42 Å². The molecule has 0 atom stereocenters. The number of thiocarbonyl (C=S) groups is 1. The zero-order valence-corrected chi connectivity index (χ0v) is 15.7. The van der Waals surface area contributed by atoms with Gasteiger partial charge in [0, 0.05) is 24.5 Å². The standard InChI is InChI=1S/C18H21N3O2S2/c1-14-5-4-6-16(13-14)20-18(24)19-15-7-9-17(10-8-15)25(22,23)21-11-2-3-12-21/h4-10,13H,2-3,11-12H2,1H3,(H2,19,20,24). The summed E-state index contributed by atoms with van der Waals surface area (Å²) in [6, 6.07) is 14.6. The molecule has 0 amide bonds. The van der Waals surface area contributed by atoms with Crippen LogP contribution in [0.3, 0.4) is 0 Å². The zero-order chi connectivity index (χ0) is 17.9. The Balaban J connectivity index is 1.65. The molecule has 0 unspecified atom stereocenters. The molecule has 0 spiro atoms. The molecule has 2 aromatic rings. The van der Waals surface area contributed by atoms with Gasteiger partial charge in [0.05, 0.1) is 4.90 Å². The van der Waals surface area contributed by atoms with Crippen LogP contribution in [0.4, 0.5) is 11.4 Å². The Morgan fingerprint density at radius 3 is 2.28 bits per heavy atom. The fourth-order valence-corrected chi connectivity index (χ4v) is 4.56. The summed E-state index contributed by atoms with van der Waals surface area (Å²) in [7, 11) is -3.38. The molecule has 1 aliphatic rings. The van der Waals surface area contributed by atoms with Gasteiger partial charge in [0.25, 0.3) is 0 Å². The summed E-state index contributed by atoms with van der Waals surface area (Å²) in [5.41, 5.74) is 2.79. The molecule has 3 rings (SSSR count). The number of sulfonamides is 1. The molecule has 2 aromatic carbocycles. The number of anilines is 2. The SMILES string of the molecule is Cc1cccc(NC(=S)Nc2ccc(S(=O)(=O)N3CCCC3)cc2)c1. The van der Waals surface area contributed by atoms with E-state index in [9.17, 15) is 8.42 Å². The van der Waals surface area contributed by atoms with Gasteiger partial charge in [-0.2, -0.15) is 4.31 Å². The van der Waals surface area contributed by atoms with Gasteiger partial charge in [0.2, 0.25) is 10.0 Å². The largest absolute Gasteiger partial charge is 0.332 e. The molecule has 1 aliphatic heterocycles. The Hall–Kier alpha value is -1.96. The van der Waals surface area contributed by atoms with Crippen LogP contribution in [0.5, 0.6) is 0 Å². The predicted molar refractivity (Wildman–Crippen MR) is 105 cm³/mol. The normalized spacial score (nSPS) is 15.1. The third kappa shape index (κ3) is 4.36. The number of hydrogen-bond donors (Lipinski definition) is 2. The Labute approximate surface area is 154 Å². The van der Waals surface area contributed by atoms with Crippen molar-refractivity contribution in [1.29, 1.82) is 0 Å². The van der Waals surface area contributed by atoms with E-state index in [2.05, 4.69) is 10.6 Å². The molecule has 132 valence electrons. The van der Waals surface area contributed by atoms with Gasteiger partial charge >= 0.3 is 0 Å². The minimum absolute atomic E-state index is 0.317. The van der Waals surface area contributed by atoms with Crippen LogP contribution in [0.15, 0.2) is 53.4 Å². The van der Waals surface area contributed by atoms with Crippen molar-refractivity contribution >= 4 is 38.7 Å². The molecule has 1 saturated heterocycles.